The number of hydrogen-bond donors (Lipinski definition) is 3. The number of carbonyl (C=O) groups is 1. The van der Waals surface area contributed by atoms with Gasteiger partial charge in [0.1, 0.15) is 0 Å². The maximum atomic E-state index is 11.8. The van der Waals surface area contributed by atoms with Gasteiger partial charge in [-0.1, -0.05) is 54.6 Å². The van der Waals surface area contributed by atoms with Crippen molar-refractivity contribution in [3.05, 3.63) is 82.7 Å². The number of imidazole rings is 1. The SMILES string of the molecule is CNc1nc2cccc(C(=O)O)c2n1Cc1ccc(-c2ccccc2-c2nc(=S)o[nH]2)cc1. The van der Waals surface area contributed by atoms with Crippen LogP contribution in [-0.2, 0) is 6.54 Å². The van der Waals surface area contributed by atoms with E-state index in [0.717, 1.165) is 22.3 Å². The van der Waals surface area contributed by atoms with Gasteiger partial charge in [-0.05, 0) is 41.0 Å². The lowest BCUT2D eigenvalue weighted by Crippen LogP contribution is -2.08. The second kappa shape index (κ2) is 8.36. The van der Waals surface area contributed by atoms with Crippen LogP contribution in [0.3, 0.4) is 0 Å². The molecule has 0 radical (unpaired) electrons. The summed E-state index contributed by atoms with van der Waals surface area (Å²) >= 11 is 4.99. The highest BCUT2D eigenvalue weighted by atomic mass is 32.1. The van der Waals surface area contributed by atoms with Gasteiger partial charge in [-0.3, -0.25) is 0 Å². The Labute approximate surface area is 193 Å². The molecule has 0 saturated carbocycles. The highest BCUT2D eigenvalue weighted by Gasteiger charge is 2.17. The van der Waals surface area contributed by atoms with E-state index in [1.54, 1.807) is 19.2 Å². The van der Waals surface area contributed by atoms with Crippen molar-refractivity contribution < 1.29 is 14.4 Å². The molecule has 0 unspecified atom stereocenters. The molecule has 8 nitrogen and oxygen atoms in total. The molecule has 5 rings (SSSR count). The summed E-state index contributed by atoms with van der Waals surface area (Å²) in [5.41, 5.74) is 5.33. The Balaban J connectivity index is 1.52. The van der Waals surface area contributed by atoms with Gasteiger partial charge in [0.05, 0.1) is 23.1 Å². The fourth-order valence-electron chi connectivity index (χ4n) is 3.96. The molecule has 0 atom stereocenters. The van der Waals surface area contributed by atoms with Crippen molar-refractivity contribution in [1.82, 2.24) is 19.7 Å². The molecule has 9 heteroatoms. The summed E-state index contributed by atoms with van der Waals surface area (Å²) in [5.74, 6) is 0.196. The lowest BCUT2D eigenvalue weighted by Gasteiger charge is -2.12. The molecule has 0 fully saturated rings. The van der Waals surface area contributed by atoms with E-state index in [4.69, 9.17) is 16.7 Å². The van der Waals surface area contributed by atoms with Gasteiger partial charge in [-0.25, -0.2) is 14.9 Å². The number of hydrogen-bond acceptors (Lipinski definition) is 6. The third-order valence-corrected chi connectivity index (χ3v) is 5.62. The summed E-state index contributed by atoms with van der Waals surface area (Å²) in [5, 5.41) is 15.5. The number of carboxylic acids is 1. The average molecular weight is 458 g/mol. The first-order valence-electron chi connectivity index (χ1n) is 10.2. The maximum Gasteiger partial charge on any atom is 0.337 e. The zero-order chi connectivity index (χ0) is 22.9. The van der Waals surface area contributed by atoms with Gasteiger partial charge in [0.25, 0.3) is 0 Å². The van der Waals surface area contributed by atoms with Crippen LogP contribution in [0.4, 0.5) is 5.95 Å². The van der Waals surface area contributed by atoms with E-state index in [1.807, 2.05) is 59.2 Å². The van der Waals surface area contributed by atoms with Gasteiger partial charge in [0.15, 0.2) is 5.82 Å². The quantitative estimate of drug-likeness (QED) is 0.301. The molecule has 5 aromatic rings. The molecule has 0 aliphatic heterocycles. The molecule has 2 heterocycles. The van der Waals surface area contributed by atoms with Crippen LogP contribution in [0.5, 0.6) is 0 Å². The molecule has 164 valence electrons. The van der Waals surface area contributed by atoms with Crippen molar-refractivity contribution in [3.8, 4) is 22.5 Å². The minimum absolute atomic E-state index is 0.156. The minimum Gasteiger partial charge on any atom is -0.478 e. The molecular weight excluding hydrogens is 438 g/mol. The second-order valence-corrected chi connectivity index (χ2v) is 7.77. The highest BCUT2D eigenvalue weighted by molar-refractivity contribution is 7.71. The number of nitrogens with zero attached hydrogens (tertiary/aromatic N) is 3. The van der Waals surface area contributed by atoms with E-state index < -0.39 is 5.97 Å². The van der Waals surface area contributed by atoms with Crippen LogP contribution >= 0.6 is 12.2 Å². The lowest BCUT2D eigenvalue weighted by molar-refractivity contribution is 0.0698. The van der Waals surface area contributed by atoms with Gasteiger partial charge in [-0.15, -0.1) is 0 Å². The van der Waals surface area contributed by atoms with Crippen molar-refractivity contribution in [2.45, 2.75) is 6.54 Å². The normalized spacial score (nSPS) is 11.1. The molecule has 0 saturated heterocycles. The molecule has 0 spiro atoms. The molecule has 0 aliphatic carbocycles. The second-order valence-electron chi connectivity index (χ2n) is 7.42. The van der Waals surface area contributed by atoms with E-state index in [-0.39, 0.29) is 10.4 Å². The fraction of sp³-hybridized carbons (Fsp3) is 0.0833. The van der Waals surface area contributed by atoms with Crippen molar-refractivity contribution in [2.75, 3.05) is 12.4 Å². The van der Waals surface area contributed by atoms with Gasteiger partial charge in [-0.2, -0.15) is 4.98 Å². The molecule has 3 N–H and O–H groups in total. The van der Waals surface area contributed by atoms with E-state index in [2.05, 4.69) is 20.4 Å². The van der Waals surface area contributed by atoms with Crippen molar-refractivity contribution >= 4 is 35.2 Å². The summed E-state index contributed by atoms with van der Waals surface area (Å²) in [7, 11) is 1.77. The highest BCUT2D eigenvalue weighted by Crippen LogP contribution is 2.31. The number of aromatic nitrogens is 4. The van der Waals surface area contributed by atoms with E-state index in [1.165, 1.54) is 0 Å². The van der Waals surface area contributed by atoms with E-state index in [0.29, 0.717) is 29.4 Å². The number of nitrogens with one attached hydrogen (secondary N) is 2. The molecule has 33 heavy (non-hydrogen) atoms. The Kier molecular flexibility index (Phi) is 5.23. The molecule has 0 aliphatic rings. The molecule has 2 aromatic heterocycles. The predicted octanol–water partition coefficient (Wildman–Crippen LogP) is 5.20. The van der Waals surface area contributed by atoms with Crippen molar-refractivity contribution in [2.24, 2.45) is 0 Å². The van der Waals surface area contributed by atoms with Crippen LogP contribution in [0.2, 0.25) is 0 Å². The predicted molar refractivity (Wildman–Crippen MR) is 128 cm³/mol. The molecule has 3 aromatic carbocycles. The number of carboxylic acid groups (broad SMARTS) is 1. The van der Waals surface area contributed by atoms with Crippen LogP contribution < -0.4 is 5.32 Å². The molecule has 0 bridgehead atoms. The third kappa shape index (κ3) is 3.79. The van der Waals surface area contributed by atoms with Gasteiger partial charge in [0.2, 0.25) is 5.95 Å². The summed E-state index contributed by atoms with van der Waals surface area (Å²) in [6.45, 7) is 0.468. The molecule has 0 amide bonds. The number of para-hydroxylation sites is 1. The average Bonchev–Trinajstić information content (AvgIpc) is 3.43. The third-order valence-electron chi connectivity index (χ3n) is 5.45. The smallest absolute Gasteiger partial charge is 0.337 e. The van der Waals surface area contributed by atoms with E-state index >= 15 is 0 Å². The van der Waals surface area contributed by atoms with Crippen LogP contribution in [0, 0.1) is 4.84 Å². The monoisotopic (exact) mass is 457 g/mol. The van der Waals surface area contributed by atoms with Crippen LogP contribution in [-0.4, -0.2) is 37.8 Å². The zero-order valence-electron chi connectivity index (χ0n) is 17.6. The van der Waals surface area contributed by atoms with Gasteiger partial charge < -0.3 is 19.5 Å². The zero-order valence-corrected chi connectivity index (χ0v) is 18.4. The number of aromatic amines is 1. The van der Waals surface area contributed by atoms with Gasteiger partial charge in [0, 0.05) is 12.6 Å². The Morgan fingerprint density at radius 2 is 1.82 bits per heavy atom. The first kappa shape index (κ1) is 20.7. The fourth-order valence-corrected chi connectivity index (χ4v) is 4.09. The van der Waals surface area contributed by atoms with Crippen molar-refractivity contribution in [3.63, 3.8) is 0 Å². The van der Waals surface area contributed by atoms with Crippen molar-refractivity contribution in [1.29, 1.82) is 0 Å². The summed E-state index contributed by atoms with van der Waals surface area (Å²) in [4.78, 5) is 20.7. The lowest BCUT2D eigenvalue weighted by atomic mass is 9.98. The summed E-state index contributed by atoms with van der Waals surface area (Å²) < 4.78 is 6.98. The summed E-state index contributed by atoms with van der Waals surface area (Å²) in [6, 6.07) is 21.1. The van der Waals surface area contributed by atoms with Crippen LogP contribution in [0.1, 0.15) is 15.9 Å². The number of fused-ring (bicyclic) bond motifs is 1. The van der Waals surface area contributed by atoms with E-state index in [9.17, 15) is 9.90 Å². The largest absolute Gasteiger partial charge is 0.478 e. The standard InChI is InChI=1S/C24H19N5O3S/c1-25-23-26-19-8-4-7-18(22(30)31)20(19)29(23)13-14-9-11-15(12-10-14)16-5-2-3-6-17(16)21-27-24(33)32-28-21/h2-12H,13H2,1H3,(H,25,26)(H,30,31)(H,27,28,33). The Bertz CT molecular complexity index is 1530. The number of benzene rings is 3. The number of anilines is 1. The first-order valence-corrected chi connectivity index (χ1v) is 10.6. The maximum absolute atomic E-state index is 11.8. The Morgan fingerprint density at radius 1 is 1.06 bits per heavy atom. The minimum atomic E-state index is -0.983. The van der Waals surface area contributed by atoms with Gasteiger partial charge >= 0.3 is 10.8 Å². The summed E-state index contributed by atoms with van der Waals surface area (Å²) in [6.07, 6.45) is 0. The number of rotatable bonds is 6. The first-order chi connectivity index (χ1) is 16.0. The Hall–Kier alpha value is -4.24. The Morgan fingerprint density at radius 3 is 2.48 bits per heavy atom. The topological polar surface area (TPSA) is 109 Å². The number of H-pyrrole nitrogens is 1. The number of aromatic carboxylic acids is 1. The van der Waals surface area contributed by atoms with Crippen LogP contribution in [0.15, 0.2) is 71.3 Å². The molecular formula is C24H19N5O3S. The van der Waals surface area contributed by atoms with Crippen LogP contribution in [0.25, 0.3) is 33.5 Å².